The third-order valence-electron chi connectivity index (χ3n) is 22.3. The fraction of sp³-hybridized carbons (Fsp3) is 0.564. The fourth-order valence-corrected chi connectivity index (χ4v) is 14.0. The third-order valence-corrected chi connectivity index (χ3v) is 22.3. The van der Waals surface area contributed by atoms with Gasteiger partial charge >= 0.3 is 0 Å². The van der Waals surface area contributed by atoms with Crippen LogP contribution in [0.5, 0.6) is 11.5 Å². The largest absolute Gasteiger partial charge is 0.497 e. The summed E-state index contributed by atoms with van der Waals surface area (Å²) in [5, 5.41) is 0. The second-order valence-electron chi connectivity index (χ2n) is 34.8. The number of rotatable bonds is 64. The van der Waals surface area contributed by atoms with Crippen LogP contribution in [-0.2, 0) is 17.8 Å². The quantitative estimate of drug-likeness (QED) is 0.0487. The molecule has 0 aliphatic heterocycles. The number of hydrogen-bond acceptors (Lipinski definition) is 5. The van der Waals surface area contributed by atoms with E-state index in [0.717, 1.165) is 218 Å². The van der Waals surface area contributed by atoms with Crippen LogP contribution in [0.25, 0.3) is 0 Å². The lowest BCUT2D eigenvalue weighted by molar-refractivity contribution is 0.0848. The first kappa shape index (κ1) is 104. The zero-order valence-corrected chi connectivity index (χ0v) is 78.4. The van der Waals surface area contributed by atoms with Gasteiger partial charge in [-0.2, -0.15) is 0 Å². The van der Waals surface area contributed by atoms with Gasteiger partial charge < -0.3 is 14.2 Å². The number of nitrogens with zero attached hydrogens (tertiary/aromatic N) is 2. The van der Waals surface area contributed by atoms with Crippen LogP contribution in [0.2, 0.25) is 0 Å². The maximum atomic E-state index is 6.50. The Balaban J connectivity index is 1.81. The highest BCUT2D eigenvalue weighted by Crippen LogP contribution is 2.24. The fourth-order valence-electron chi connectivity index (χ4n) is 14.0. The standard InChI is InChI=1S/C110H172N2O3/c1-89(2)39-23-41-91(5)43-25-45-93(7)47-27-49-95(9)51-29-53-97(11)55-31-57-99(13)59-33-61-101(15)63-35-65-103(17)67-37-69-105(19)79-81-111(87-107-71-75-109(113-21)76-72-107)83-85-115-86-84-112(88-108-73-77-110(114-22)78-74-108)82-80-106(20)70-38-68-104(18)66-36-64-102(16)62-34-60-100(14)58-32-56-98(12)54-30-52-96(10)50-28-48-94(8)46-26-44-92(6)42-24-40-90(3)4/h39-40,43-44,47-48,51-52,55-56,59-60,63-64,67-68,71-80H,23-38,41-42,45-46,49-50,53-54,57-58,61-62,65-66,69-70,81-88H2,1-22H3/b91-43+,92-44+,93-47+,94-48+,95-51+,96-52+,97-55+,98-56+,99-59+,100-60+,101-63+,102-64+,103-67+,104-68+,105-79+,106-80+. The monoisotopic (exact) mass is 1570 g/mol. The van der Waals surface area contributed by atoms with Gasteiger partial charge in [0.15, 0.2) is 0 Å². The average molecular weight is 1570 g/mol. The predicted octanol–water partition coefficient (Wildman–Crippen LogP) is 33.6. The molecule has 0 saturated carbocycles. The Bertz CT molecular complexity index is 3350. The minimum atomic E-state index is 0.679. The van der Waals surface area contributed by atoms with Crippen molar-refractivity contribution >= 4 is 0 Å². The van der Waals surface area contributed by atoms with Crippen LogP contribution < -0.4 is 9.47 Å². The molecular formula is C110H172N2O3. The molecular weight excluding hydrogens is 1400 g/mol. The molecule has 2 aromatic carbocycles. The highest BCUT2D eigenvalue weighted by atomic mass is 16.5. The summed E-state index contributed by atoms with van der Waals surface area (Å²) in [7, 11) is 3.47. The summed E-state index contributed by atoms with van der Waals surface area (Å²) < 4.78 is 17.5. The van der Waals surface area contributed by atoms with Crippen LogP contribution in [0.1, 0.15) is 355 Å². The summed E-state index contributed by atoms with van der Waals surface area (Å²) in [6, 6.07) is 17.0. The van der Waals surface area contributed by atoms with Crippen molar-refractivity contribution in [2.75, 3.05) is 53.6 Å². The molecule has 0 N–H and O–H groups in total. The van der Waals surface area contributed by atoms with Gasteiger partial charge in [0, 0.05) is 39.3 Å². The van der Waals surface area contributed by atoms with Crippen LogP contribution in [0.3, 0.4) is 0 Å². The molecule has 2 rings (SSSR count). The van der Waals surface area contributed by atoms with Crippen molar-refractivity contribution in [3.8, 4) is 11.5 Å². The maximum Gasteiger partial charge on any atom is 0.118 e. The molecule has 0 fully saturated rings. The summed E-state index contributed by atoms with van der Waals surface area (Å²) in [6.07, 6.45) is 80.6. The third kappa shape index (κ3) is 61.3. The lowest BCUT2D eigenvalue weighted by atomic mass is 10.0. The van der Waals surface area contributed by atoms with E-state index < -0.39 is 0 Å². The molecule has 0 aliphatic rings. The van der Waals surface area contributed by atoms with Crippen LogP contribution in [-0.4, -0.2) is 63.4 Å². The van der Waals surface area contributed by atoms with Crippen LogP contribution in [0.4, 0.5) is 0 Å². The van der Waals surface area contributed by atoms with E-state index in [1.165, 1.54) is 150 Å². The average Bonchev–Trinajstić information content (AvgIpc) is 0.899. The highest BCUT2D eigenvalue weighted by molar-refractivity contribution is 5.29. The van der Waals surface area contributed by atoms with Crippen LogP contribution in [0.15, 0.2) is 258 Å². The van der Waals surface area contributed by atoms with E-state index in [0.29, 0.717) is 13.2 Å². The molecule has 115 heavy (non-hydrogen) atoms. The molecule has 5 heteroatoms. The second kappa shape index (κ2) is 67.2. The minimum absolute atomic E-state index is 0.679. The first-order valence-corrected chi connectivity index (χ1v) is 45.3. The Labute approximate surface area is 711 Å². The lowest BCUT2D eigenvalue weighted by Gasteiger charge is -2.23. The Morgan fingerprint density at radius 2 is 0.374 bits per heavy atom. The van der Waals surface area contributed by atoms with Gasteiger partial charge in [-0.1, -0.05) is 234 Å². The summed E-state index contributed by atoms with van der Waals surface area (Å²) in [6.45, 7) is 52.2. The van der Waals surface area contributed by atoms with Crippen molar-refractivity contribution in [1.82, 2.24) is 9.80 Å². The molecule has 0 bridgehead atoms. The first-order valence-electron chi connectivity index (χ1n) is 45.3. The number of hydrogen-bond donors (Lipinski definition) is 0. The molecule has 5 nitrogen and oxygen atoms in total. The van der Waals surface area contributed by atoms with E-state index in [2.05, 4.69) is 306 Å². The summed E-state index contributed by atoms with van der Waals surface area (Å²) in [5.74, 6) is 1.77. The number of ether oxygens (including phenoxy) is 3. The van der Waals surface area contributed by atoms with Gasteiger partial charge in [0.1, 0.15) is 11.5 Å². The molecule has 0 radical (unpaired) electrons. The molecule has 0 heterocycles. The topological polar surface area (TPSA) is 34.2 Å². The summed E-state index contributed by atoms with van der Waals surface area (Å²) in [5.41, 5.74) is 29.5. The van der Waals surface area contributed by atoms with E-state index in [1.807, 2.05) is 0 Å². The number of benzene rings is 2. The van der Waals surface area contributed by atoms with Gasteiger partial charge in [-0.05, 0) is 379 Å². The number of methoxy groups -OCH3 is 2. The SMILES string of the molecule is COc1ccc(CN(C/C=C(\C)CC/C=C(\C)CC/C=C(\C)CC/C=C(\C)CC/C=C(\C)CC/C=C(\C)CC/C=C(\C)CC/C=C(\C)CCC=C(C)C)CCOCCN(C/C=C(\C)CC/C=C(\C)CC/C=C(\C)CC/C=C(\C)CC/C=C(\C)CC/C=C(\C)CC/C=C(\C)CC/C=C(\C)CCC=C(C)C)Cc2ccc(OC)cc2)cc1. The van der Waals surface area contributed by atoms with Crippen molar-refractivity contribution in [2.24, 2.45) is 0 Å². The van der Waals surface area contributed by atoms with Crippen LogP contribution in [0, 0.1) is 0 Å². The maximum absolute atomic E-state index is 6.50. The summed E-state index contributed by atoms with van der Waals surface area (Å²) in [4.78, 5) is 5.04. The van der Waals surface area contributed by atoms with Gasteiger partial charge in [-0.3, -0.25) is 9.80 Å². The van der Waals surface area contributed by atoms with E-state index in [4.69, 9.17) is 14.2 Å². The van der Waals surface area contributed by atoms with Crippen molar-refractivity contribution < 1.29 is 14.2 Å². The Morgan fingerprint density at radius 1 is 0.217 bits per heavy atom. The molecule has 0 spiro atoms. The highest BCUT2D eigenvalue weighted by Gasteiger charge is 2.11. The summed E-state index contributed by atoms with van der Waals surface area (Å²) >= 11 is 0. The molecule has 0 saturated heterocycles. The van der Waals surface area contributed by atoms with Crippen molar-refractivity contribution in [1.29, 1.82) is 0 Å². The zero-order valence-electron chi connectivity index (χ0n) is 78.4. The zero-order chi connectivity index (χ0) is 84.6. The van der Waals surface area contributed by atoms with Gasteiger partial charge in [0.2, 0.25) is 0 Å². The van der Waals surface area contributed by atoms with Gasteiger partial charge in [0.25, 0.3) is 0 Å². The Hall–Kier alpha value is -6.76. The van der Waals surface area contributed by atoms with E-state index in [-0.39, 0.29) is 0 Å². The molecule has 0 aliphatic carbocycles. The Morgan fingerprint density at radius 3 is 0.530 bits per heavy atom. The van der Waals surface area contributed by atoms with E-state index in [1.54, 1.807) is 14.2 Å². The van der Waals surface area contributed by atoms with Crippen LogP contribution >= 0.6 is 0 Å². The predicted molar refractivity (Wildman–Crippen MR) is 514 cm³/mol. The molecule has 0 aromatic heterocycles. The van der Waals surface area contributed by atoms with E-state index >= 15 is 0 Å². The lowest BCUT2D eigenvalue weighted by Crippen LogP contribution is -2.30. The molecule has 0 atom stereocenters. The minimum Gasteiger partial charge on any atom is -0.497 e. The Kier molecular flexibility index (Phi) is 60.9. The second-order valence-corrected chi connectivity index (χ2v) is 34.8. The van der Waals surface area contributed by atoms with Gasteiger partial charge in [-0.15, -0.1) is 0 Å². The molecule has 2 aromatic rings. The van der Waals surface area contributed by atoms with Crippen molar-refractivity contribution in [2.45, 2.75) is 357 Å². The van der Waals surface area contributed by atoms with E-state index in [9.17, 15) is 0 Å². The molecule has 0 unspecified atom stereocenters. The number of allylic oxidation sites excluding steroid dienone is 34. The first-order chi connectivity index (χ1) is 55.2. The van der Waals surface area contributed by atoms with Gasteiger partial charge in [-0.25, -0.2) is 0 Å². The smallest absolute Gasteiger partial charge is 0.118 e. The van der Waals surface area contributed by atoms with Crippen molar-refractivity contribution in [3.05, 3.63) is 269 Å². The molecule has 640 valence electrons. The van der Waals surface area contributed by atoms with Gasteiger partial charge in [0.05, 0.1) is 27.4 Å². The normalized spacial score (nSPS) is 14.3. The molecule has 0 amide bonds. The van der Waals surface area contributed by atoms with Crippen molar-refractivity contribution in [3.63, 3.8) is 0 Å².